The topological polar surface area (TPSA) is 78.9 Å². The summed E-state index contributed by atoms with van der Waals surface area (Å²) in [6.45, 7) is 3.90. The molecule has 1 heterocycles. The summed E-state index contributed by atoms with van der Waals surface area (Å²) in [5.74, 6) is 0.102. The fraction of sp³-hybridized carbons (Fsp3) is 0.500. The fourth-order valence-corrected chi connectivity index (χ4v) is 7.79. The van der Waals surface area contributed by atoms with Gasteiger partial charge in [-0.15, -0.1) is 0 Å². The van der Waals surface area contributed by atoms with Gasteiger partial charge in [-0.3, -0.25) is 0 Å². The van der Waals surface area contributed by atoms with E-state index >= 15 is 0 Å². The van der Waals surface area contributed by atoms with Gasteiger partial charge >= 0.3 is 5.97 Å². The van der Waals surface area contributed by atoms with Crippen LogP contribution < -0.4 is 4.74 Å². The zero-order chi connectivity index (χ0) is 24.3. The molecule has 1 saturated heterocycles. The Bertz CT molecular complexity index is 1140. The Balaban J connectivity index is 1.69. The third kappa shape index (κ3) is 5.28. The van der Waals surface area contributed by atoms with E-state index in [1.807, 2.05) is 19.1 Å². The van der Waals surface area contributed by atoms with Crippen molar-refractivity contribution in [2.45, 2.75) is 49.2 Å². The van der Waals surface area contributed by atoms with Crippen molar-refractivity contribution in [1.82, 2.24) is 0 Å². The van der Waals surface area contributed by atoms with Crippen molar-refractivity contribution in [3.63, 3.8) is 0 Å². The summed E-state index contributed by atoms with van der Waals surface area (Å²) in [6.07, 6.45) is 4.27. The van der Waals surface area contributed by atoms with Gasteiger partial charge in [-0.25, -0.2) is 13.2 Å². The SMILES string of the molecule is CC[C@@H]1CCc2cc(I)ccc2C1S(=O)(=O)c1ccc(OCC2CCOCC2)c(C(=O)OC)c1. The van der Waals surface area contributed by atoms with Gasteiger partial charge in [0, 0.05) is 16.8 Å². The highest BCUT2D eigenvalue weighted by molar-refractivity contribution is 14.1. The predicted molar refractivity (Wildman–Crippen MR) is 138 cm³/mol. The lowest BCUT2D eigenvalue weighted by Gasteiger charge is -2.33. The molecule has 184 valence electrons. The van der Waals surface area contributed by atoms with Crippen LogP contribution in [0.5, 0.6) is 5.75 Å². The number of hydrogen-bond acceptors (Lipinski definition) is 6. The Hall–Kier alpha value is -1.65. The summed E-state index contributed by atoms with van der Waals surface area (Å²) in [4.78, 5) is 12.7. The molecule has 0 aromatic heterocycles. The summed E-state index contributed by atoms with van der Waals surface area (Å²) >= 11 is 2.26. The molecule has 0 N–H and O–H groups in total. The van der Waals surface area contributed by atoms with Gasteiger partial charge < -0.3 is 14.2 Å². The van der Waals surface area contributed by atoms with Gasteiger partial charge in [0.05, 0.1) is 23.9 Å². The molecule has 1 aliphatic carbocycles. The van der Waals surface area contributed by atoms with E-state index in [4.69, 9.17) is 14.2 Å². The molecular formula is C26H31IO6S. The first-order valence-corrected chi connectivity index (χ1v) is 14.4. The molecular weight excluding hydrogens is 567 g/mol. The Morgan fingerprint density at radius 3 is 2.59 bits per heavy atom. The second-order valence-corrected chi connectivity index (χ2v) is 12.3. The molecule has 1 unspecified atom stereocenters. The molecule has 6 nitrogen and oxygen atoms in total. The van der Waals surface area contributed by atoms with Crippen molar-refractivity contribution >= 4 is 38.4 Å². The van der Waals surface area contributed by atoms with Crippen LogP contribution in [0.3, 0.4) is 0 Å². The maximum atomic E-state index is 14.0. The normalized spacial score (nSPS) is 21.0. The Morgan fingerprint density at radius 2 is 1.88 bits per heavy atom. The minimum atomic E-state index is -3.75. The lowest BCUT2D eigenvalue weighted by Crippen LogP contribution is -2.28. The molecule has 2 aliphatic rings. The lowest BCUT2D eigenvalue weighted by molar-refractivity contribution is 0.0483. The van der Waals surface area contributed by atoms with Crippen LogP contribution in [0, 0.1) is 15.4 Å². The summed E-state index contributed by atoms with van der Waals surface area (Å²) < 4.78 is 45.4. The van der Waals surface area contributed by atoms with Crippen molar-refractivity contribution in [3.05, 3.63) is 56.7 Å². The van der Waals surface area contributed by atoms with Crippen LogP contribution in [0.15, 0.2) is 41.3 Å². The molecule has 2 aromatic carbocycles. The largest absolute Gasteiger partial charge is 0.492 e. The van der Waals surface area contributed by atoms with E-state index < -0.39 is 21.1 Å². The van der Waals surface area contributed by atoms with E-state index in [0.717, 1.165) is 46.8 Å². The van der Waals surface area contributed by atoms with Gasteiger partial charge in [-0.1, -0.05) is 19.4 Å². The van der Waals surface area contributed by atoms with Crippen LogP contribution in [0.1, 0.15) is 59.3 Å². The van der Waals surface area contributed by atoms with Gasteiger partial charge in [0.25, 0.3) is 0 Å². The highest BCUT2D eigenvalue weighted by Gasteiger charge is 2.39. The number of aryl methyl sites for hydroxylation is 1. The first-order chi connectivity index (χ1) is 16.3. The van der Waals surface area contributed by atoms with Gasteiger partial charge in [0.1, 0.15) is 11.3 Å². The summed E-state index contributed by atoms with van der Waals surface area (Å²) in [7, 11) is -2.46. The lowest BCUT2D eigenvalue weighted by atomic mass is 9.82. The molecule has 1 aliphatic heterocycles. The average molecular weight is 598 g/mol. The number of esters is 1. The van der Waals surface area contributed by atoms with E-state index in [1.165, 1.54) is 13.2 Å². The number of carbonyl (C=O) groups excluding carboxylic acids is 1. The van der Waals surface area contributed by atoms with Crippen LogP contribution in [0.2, 0.25) is 0 Å². The van der Waals surface area contributed by atoms with Crippen molar-refractivity contribution in [3.8, 4) is 5.75 Å². The second-order valence-electron chi connectivity index (χ2n) is 9.03. The Labute approximate surface area is 215 Å². The molecule has 2 atom stereocenters. The second kappa shape index (κ2) is 11.0. The van der Waals surface area contributed by atoms with Crippen LogP contribution in [-0.4, -0.2) is 41.3 Å². The maximum absolute atomic E-state index is 14.0. The van der Waals surface area contributed by atoms with Gasteiger partial charge in [0.15, 0.2) is 9.84 Å². The number of rotatable bonds is 7. The smallest absolute Gasteiger partial charge is 0.341 e. The van der Waals surface area contributed by atoms with Crippen molar-refractivity contribution in [2.24, 2.45) is 11.8 Å². The van der Waals surface area contributed by atoms with E-state index in [-0.39, 0.29) is 16.4 Å². The summed E-state index contributed by atoms with van der Waals surface area (Å²) in [5.41, 5.74) is 2.11. The molecule has 8 heteroatoms. The number of benzene rings is 2. The molecule has 0 spiro atoms. The molecule has 0 saturated carbocycles. The molecule has 4 rings (SSSR count). The third-order valence-corrected chi connectivity index (χ3v) is 9.87. The quantitative estimate of drug-likeness (QED) is 0.315. The maximum Gasteiger partial charge on any atom is 0.341 e. The number of sulfone groups is 1. The highest BCUT2D eigenvalue weighted by Crippen LogP contribution is 2.45. The Morgan fingerprint density at radius 1 is 1.12 bits per heavy atom. The zero-order valence-corrected chi connectivity index (χ0v) is 22.6. The van der Waals surface area contributed by atoms with Gasteiger partial charge in [-0.2, -0.15) is 0 Å². The van der Waals surface area contributed by atoms with Crippen LogP contribution in [-0.2, 0) is 25.7 Å². The van der Waals surface area contributed by atoms with E-state index in [2.05, 4.69) is 28.7 Å². The van der Waals surface area contributed by atoms with Crippen molar-refractivity contribution < 1.29 is 27.4 Å². The number of carbonyl (C=O) groups is 1. The van der Waals surface area contributed by atoms with E-state index in [1.54, 1.807) is 12.1 Å². The number of halogens is 1. The van der Waals surface area contributed by atoms with E-state index in [0.29, 0.717) is 31.5 Å². The molecule has 1 fully saturated rings. The highest BCUT2D eigenvalue weighted by atomic mass is 127. The summed E-state index contributed by atoms with van der Waals surface area (Å²) in [6, 6.07) is 10.6. The monoisotopic (exact) mass is 598 g/mol. The standard InChI is InChI=1S/C26H31IO6S/c1-3-18-4-5-19-14-20(27)6-8-22(19)25(18)34(29,30)21-7-9-24(23(15-21)26(28)31-2)33-16-17-10-12-32-13-11-17/h6-9,14-15,17-18,25H,3-5,10-13,16H2,1-2H3/t18-,25?/m1/s1. The average Bonchev–Trinajstić information content (AvgIpc) is 2.86. The number of methoxy groups -OCH3 is 1. The fourth-order valence-electron chi connectivity index (χ4n) is 5.00. The number of ether oxygens (including phenoxy) is 3. The zero-order valence-electron chi connectivity index (χ0n) is 19.6. The Kier molecular flexibility index (Phi) is 8.20. The van der Waals surface area contributed by atoms with Crippen molar-refractivity contribution in [2.75, 3.05) is 26.9 Å². The van der Waals surface area contributed by atoms with Crippen LogP contribution in [0.4, 0.5) is 0 Å². The van der Waals surface area contributed by atoms with Crippen LogP contribution >= 0.6 is 22.6 Å². The number of hydrogen-bond donors (Lipinski definition) is 0. The number of fused-ring (bicyclic) bond motifs is 1. The minimum Gasteiger partial charge on any atom is -0.492 e. The third-order valence-electron chi connectivity index (χ3n) is 6.98. The van der Waals surface area contributed by atoms with Crippen LogP contribution in [0.25, 0.3) is 0 Å². The van der Waals surface area contributed by atoms with Gasteiger partial charge in [0.2, 0.25) is 0 Å². The molecule has 0 bridgehead atoms. The van der Waals surface area contributed by atoms with Gasteiger partial charge in [-0.05, 0) is 102 Å². The molecule has 2 aromatic rings. The summed E-state index contributed by atoms with van der Waals surface area (Å²) in [5, 5.41) is -0.641. The predicted octanol–water partition coefficient (Wildman–Crippen LogP) is 5.37. The molecule has 0 amide bonds. The van der Waals surface area contributed by atoms with E-state index in [9.17, 15) is 13.2 Å². The van der Waals surface area contributed by atoms with Crippen molar-refractivity contribution in [1.29, 1.82) is 0 Å². The first-order valence-electron chi connectivity index (χ1n) is 11.8. The molecule has 0 radical (unpaired) electrons. The molecule has 34 heavy (non-hydrogen) atoms. The minimum absolute atomic E-state index is 0.0172. The first kappa shape index (κ1) is 25.4.